The van der Waals surface area contributed by atoms with E-state index in [4.69, 9.17) is 36.2 Å². The van der Waals surface area contributed by atoms with E-state index < -0.39 is 30.4 Å². The fraction of sp³-hybridized carbons (Fsp3) is 0.500. The summed E-state index contributed by atoms with van der Waals surface area (Å²) in [5.41, 5.74) is 0. The molecule has 0 saturated heterocycles. The highest BCUT2D eigenvalue weighted by Crippen LogP contribution is 2.57. The Morgan fingerprint density at radius 3 is 0.667 bits per heavy atom. The summed E-state index contributed by atoms with van der Waals surface area (Å²) in [5.74, 6) is 0. The van der Waals surface area contributed by atoms with E-state index in [0.717, 1.165) is 0 Å². The van der Waals surface area contributed by atoms with Crippen LogP contribution in [0.25, 0.3) is 32.3 Å². The molecule has 12 nitrogen and oxygen atoms in total. The summed E-state index contributed by atoms with van der Waals surface area (Å²) in [6.07, 6.45) is 0. The average Bonchev–Trinajstić information content (AvgIpc) is 3.03. The minimum absolute atomic E-state index is 0.0647. The summed E-state index contributed by atoms with van der Waals surface area (Å²) in [7, 11) is -16.1. The van der Waals surface area contributed by atoms with Crippen LogP contribution in [0.3, 0.4) is 0 Å². The van der Waals surface area contributed by atoms with E-state index in [1.807, 2.05) is 0 Å². The van der Waals surface area contributed by atoms with E-state index in [1.54, 1.807) is 79.7 Å². The maximum Gasteiger partial charge on any atom is 0.361 e. The van der Waals surface area contributed by atoms with Crippen LogP contribution in [0.1, 0.15) is 55.4 Å². The van der Waals surface area contributed by atoms with Crippen molar-refractivity contribution in [2.24, 2.45) is 0 Å². The molecule has 0 aromatic heterocycles. The molecule has 0 heterocycles. The molecule has 0 N–H and O–H groups in total. The third-order valence-corrected chi connectivity index (χ3v) is 16.0. The lowest BCUT2D eigenvalue weighted by molar-refractivity contribution is 0.228. The second kappa shape index (κ2) is 16.2. The third-order valence-electron chi connectivity index (χ3n) is 7.38. The molecule has 0 amide bonds. The van der Waals surface area contributed by atoms with Crippen LogP contribution in [0.4, 0.5) is 0 Å². The van der Waals surface area contributed by atoms with E-state index in [2.05, 4.69) is 0 Å². The molecular weight excluding hydrogens is 700 g/mol. The highest BCUT2D eigenvalue weighted by Gasteiger charge is 2.40. The van der Waals surface area contributed by atoms with Gasteiger partial charge in [0.2, 0.25) is 0 Å². The Bertz CT molecular complexity index is 1620. The number of hydrogen-bond donors (Lipinski definition) is 0. The van der Waals surface area contributed by atoms with Crippen molar-refractivity contribution in [3.8, 4) is 0 Å². The topological polar surface area (TPSA) is 142 Å². The molecule has 4 rings (SSSR count). The summed E-state index contributed by atoms with van der Waals surface area (Å²) < 4.78 is 105. The van der Waals surface area contributed by atoms with Crippen molar-refractivity contribution >= 4 is 83.9 Å². The van der Waals surface area contributed by atoms with Gasteiger partial charge in [0.15, 0.2) is 0 Å². The van der Waals surface area contributed by atoms with E-state index in [-0.39, 0.29) is 74.1 Å². The first-order chi connectivity index (χ1) is 22.9. The van der Waals surface area contributed by atoms with E-state index in [1.165, 1.54) is 12.1 Å². The number of hydrogen-bond acceptors (Lipinski definition) is 12. The minimum atomic E-state index is -4.04. The first kappa shape index (κ1) is 39.3. The van der Waals surface area contributed by atoms with Crippen molar-refractivity contribution in [1.29, 1.82) is 0 Å². The van der Waals surface area contributed by atoms with Crippen LogP contribution in [-0.2, 0) is 54.5 Å². The summed E-state index contributed by atoms with van der Waals surface area (Å²) >= 11 is 0. The fourth-order valence-electron chi connectivity index (χ4n) is 5.89. The number of rotatable bonds is 20. The molecule has 4 aromatic carbocycles. The fourth-order valence-corrected chi connectivity index (χ4v) is 13.3. The lowest BCUT2D eigenvalue weighted by atomic mass is 9.94. The molecule has 0 fully saturated rings. The monoisotopic (exact) mass is 746 g/mol. The normalized spacial score (nSPS) is 13.4. The molecule has 0 aliphatic carbocycles. The van der Waals surface area contributed by atoms with E-state index in [0.29, 0.717) is 32.3 Å². The van der Waals surface area contributed by atoms with Crippen LogP contribution >= 0.6 is 30.4 Å². The largest absolute Gasteiger partial charge is 0.361 e. The van der Waals surface area contributed by atoms with Gasteiger partial charge in [0.25, 0.3) is 0 Å². The average molecular weight is 747 g/mol. The van der Waals surface area contributed by atoms with Gasteiger partial charge >= 0.3 is 30.4 Å². The standard InChI is InChI=1S/C32H46O12P4/c1-9-37-45(33,38-10-2)27-21-28(46(34,39-11-3)40-12-4)24-19-20-26-30(48(36,43-15-7)44-16-8)22-29(47(35,41-13-5)42-14-6)25-18-17-23(27)31(24)32(25)26/h17-22H,9-16H2,1-8H3. The number of benzene rings is 4. The Morgan fingerprint density at radius 1 is 0.354 bits per heavy atom. The highest BCUT2D eigenvalue weighted by molar-refractivity contribution is 7.65. The molecule has 266 valence electrons. The molecule has 0 saturated carbocycles. The van der Waals surface area contributed by atoms with Gasteiger partial charge in [-0.2, -0.15) is 0 Å². The first-order valence-electron chi connectivity index (χ1n) is 16.3. The van der Waals surface area contributed by atoms with Gasteiger partial charge in [0.1, 0.15) is 0 Å². The van der Waals surface area contributed by atoms with Gasteiger partial charge in [0.05, 0.1) is 74.1 Å². The maximum atomic E-state index is 14.6. The summed E-state index contributed by atoms with van der Waals surface area (Å²) in [5, 5.41) is 3.29. The summed E-state index contributed by atoms with van der Waals surface area (Å²) in [6, 6.07) is 9.90. The molecule has 0 bridgehead atoms. The summed E-state index contributed by atoms with van der Waals surface area (Å²) in [4.78, 5) is 0. The van der Waals surface area contributed by atoms with Gasteiger partial charge in [-0.15, -0.1) is 0 Å². The van der Waals surface area contributed by atoms with Gasteiger partial charge in [0, 0.05) is 0 Å². The maximum absolute atomic E-state index is 14.6. The molecule has 0 aliphatic heterocycles. The van der Waals surface area contributed by atoms with Crippen LogP contribution in [0.5, 0.6) is 0 Å². The predicted molar refractivity (Wildman–Crippen MR) is 192 cm³/mol. The van der Waals surface area contributed by atoms with E-state index in [9.17, 15) is 18.3 Å². The van der Waals surface area contributed by atoms with Crippen molar-refractivity contribution in [2.45, 2.75) is 55.4 Å². The van der Waals surface area contributed by atoms with Crippen LogP contribution < -0.4 is 21.2 Å². The van der Waals surface area contributed by atoms with Crippen LogP contribution in [-0.4, -0.2) is 52.9 Å². The zero-order valence-electron chi connectivity index (χ0n) is 28.8. The Kier molecular flexibility index (Phi) is 13.3. The lowest BCUT2D eigenvalue weighted by Gasteiger charge is -2.27. The van der Waals surface area contributed by atoms with Crippen molar-refractivity contribution in [3.63, 3.8) is 0 Å². The van der Waals surface area contributed by atoms with E-state index >= 15 is 0 Å². The quantitative estimate of drug-likeness (QED) is 0.0636. The first-order valence-corrected chi connectivity index (χ1v) is 22.4. The molecule has 0 spiro atoms. The molecule has 0 radical (unpaired) electrons. The Labute approximate surface area is 282 Å². The van der Waals surface area contributed by atoms with Crippen molar-refractivity contribution < 1.29 is 54.5 Å². The van der Waals surface area contributed by atoms with Crippen LogP contribution in [0, 0.1) is 0 Å². The predicted octanol–water partition coefficient (Wildman–Crippen LogP) is 8.15. The van der Waals surface area contributed by atoms with Gasteiger partial charge in [-0.3, -0.25) is 18.3 Å². The van der Waals surface area contributed by atoms with Gasteiger partial charge in [-0.1, -0.05) is 24.3 Å². The van der Waals surface area contributed by atoms with Crippen LogP contribution in [0.2, 0.25) is 0 Å². The van der Waals surface area contributed by atoms with Gasteiger partial charge < -0.3 is 36.2 Å². The SMILES string of the molecule is CCOP(=O)(OCC)c1cc(P(=O)(OCC)OCC)c2ccc3c(P(=O)(OCC)OCC)cc(P(=O)(OCC)OCC)c4ccc1c2c43. The highest BCUT2D eigenvalue weighted by atomic mass is 31.2. The molecule has 16 heteroatoms. The molecule has 0 atom stereocenters. The molecule has 4 aromatic rings. The van der Waals surface area contributed by atoms with Gasteiger partial charge in [-0.05, 0) is 99.8 Å². The third kappa shape index (κ3) is 7.16. The molecule has 48 heavy (non-hydrogen) atoms. The minimum Gasteiger partial charge on any atom is -0.305 e. The summed E-state index contributed by atoms with van der Waals surface area (Å²) in [6.45, 7) is 14.1. The van der Waals surface area contributed by atoms with Crippen molar-refractivity contribution in [3.05, 3.63) is 36.4 Å². The second-order valence-corrected chi connectivity index (χ2v) is 18.2. The Hall–Kier alpha value is -1.48. The second-order valence-electron chi connectivity index (χ2n) is 10.2. The van der Waals surface area contributed by atoms with Crippen molar-refractivity contribution in [2.75, 3.05) is 52.9 Å². The van der Waals surface area contributed by atoms with Crippen LogP contribution in [0.15, 0.2) is 36.4 Å². The zero-order valence-corrected chi connectivity index (χ0v) is 32.4. The molecular formula is C32H46O12P4. The smallest absolute Gasteiger partial charge is 0.305 e. The Morgan fingerprint density at radius 2 is 0.521 bits per heavy atom. The zero-order chi connectivity index (χ0) is 35.3. The van der Waals surface area contributed by atoms with Crippen molar-refractivity contribution in [1.82, 2.24) is 0 Å². The molecule has 0 unspecified atom stereocenters. The Balaban J connectivity index is 2.40. The van der Waals surface area contributed by atoms with Gasteiger partial charge in [-0.25, -0.2) is 0 Å². The lowest BCUT2D eigenvalue weighted by Crippen LogP contribution is -2.24. The molecule has 0 aliphatic rings.